The van der Waals surface area contributed by atoms with E-state index in [-0.39, 0.29) is 18.9 Å². The smallest absolute Gasteiger partial charge is 0.310 e. The molecule has 0 spiro atoms. The van der Waals surface area contributed by atoms with Gasteiger partial charge in [-0.05, 0) is 52.4 Å². The largest absolute Gasteiger partial charge is 0.455 e. The van der Waals surface area contributed by atoms with Crippen LogP contribution in [0.5, 0.6) is 0 Å². The van der Waals surface area contributed by atoms with Crippen molar-refractivity contribution in [3.63, 3.8) is 0 Å². The Morgan fingerprint density at radius 1 is 1.22 bits per heavy atom. The van der Waals surface area contributed by atoms with Gasteiger partial charge in [0.05, 0.1) is 6.42 Å². The van der Waals surface area contributed by atoms with Crippen LogP contribution in [0.4, 0.5) is 5.69 Å². The standard InChI is InChI=1S/C18H21NO3S/c1-3-13(2)15-4-6-16(7-5-15)19-17(20)11-22-18(21)10-14-8-9-23-12-14/h4-9,12-13H,3,10-11H2,1-2H3,(H,19,20)/t13-/m1/s1. The van der Waals surface area contributed by atoms with Gasteiger partial charge in [0.25, 0.3) is 5.91 Å². The lowest BCUT2D eigenvalue weighted by atomic mass is 9.99. The van der Waals surface area contributed by atoms with Gasteiger partial charge >= 0.3 is 5.97 Å². The molecule has 4 nitrogen and oxygen atoms in total. The Hall–Kier alpha value is -2.14. The topological polar surface area (TPSA) is 55.4 Å². The molecule has 0 bridgehead atoms. The SMILES string of the molecule is CC[C@@H](C)c1ccc(NC(=O)COC(=O)Cc2ccsc2)cc1. The van der Waals surface area contributed by atoms with Gasteiger partial charge in [0.2, 0.25) is 0 Å². The highest BCUT2D eigenvalue weighted by atomic mass is 32.1. The highest BCUT2D eigenvalue weighted by Crippen LogP contribution is 2.20. The van der Waals surface area contributed by atoms with Crippen molar-refractivity contribution in [3.8, 4) is 0 Å². The van der Waals surface area contributed by atoms with Crippen LogP contribution in [-0.2, 0) is 20.7 Å². The minimum absolute atomic E-state index is 0.195. The highest BCUT2D eigenvalue weighted by Gasteiger charge is 2.09. The summed E-state index contributed by atoms with van der Waals surface area (Å²) in [6, 6.07) is 9.61. The molecule has 1 heterocycles. The molecule has 0 radical (unpaired) electrons. The number of ether oxygens (including phenoxy) is 1. The monoisotopic (exact) mass is 331 g/mol. The first-order chi connectivity index (χ1) is 11.1. The predicted molar refractivity (Wildman–Crippen MR) is 92.8 cm³/mol. The molecule has 122 valence electrons. The van der Waals surface area contributed by atoms with Gasteiger partial charge in [0.1, 0.15) is 0 Å². The van der Waals surface area contributed by atoms with E-state index in [4.69, 9.17) is 4.74 Å². The maximum atomic E-state index is 11.8. The second kappa shape index (κ2) is 8.48. The van der Waals surface area contributed by atoms with Gasteiger partial charge in [-0.25, -0.2) is 0 Å². The van der Waals surface area contributed by atoms with Crippen molar-refractivity contribution in [3.05, 3.63) is 52.2 Å². The number of hydrogen-bond acceptors (Lipinski definition) is 4. The summed E-state index contributed by atoms with van der Waals surface area (Å²) in [4.78, 5) is 23.4. The molecule has 0 aliphatic heterocycles. The molecular formula is C18H21NO3S. The number of hydrogen-bond donors (Lipinski definition) is 1. The number of benzene rings is 1. The lowest BCUT2D eigenvalue weighted by Crippen LogP contribution is -2.21. The third kappa shape index (κ3) is 5.53. The summed E-state index contributed by atoms with van der Waals surface area (Å²) in [5.41, 5.74) is 2.85. The van der Waals surface area contributed by atoms with Crippen molar-refractivity contribution < 1.29 is 14.3 Å². The Kier molecular flexibility index (Phi) is 6.35. The molecule has 0 saturated carbocycles. The van der Waals surface area contributed by atoms with Crippen LogP contribution < -0.4 is 5.32 Å². The number of carbonyl (C=O) groups is 2. The van der Waals surface area contributed by atoms with Crippen LogP contribution in [0.25, 0.3) is 0 Å². The maximum absolute atomic E-state index is 11.8. The Bertz CT molecular complexity index is 635. The lowest BCUT2D eigenvalue weighted by Gasteiger charge is -2.10. The molecule has 1 atom stereocenters. The van der Waals surface area contributed by atoms with Crippen LogP contribution >= 0.6 is 11.3 Å². The number of rotatable bonds is 7. The van der Waals surface area contributed by atoms with Crippen molar-refractivity contribution in [1.29, 1.82) is 0 Å². The summed E-state index contributed by atoms with van der Waals surface area (Å²) in [6.07, 6.45) is 1.27. The molecule has 23 heavy (non-hydrogen) atoms. The quantitative estimate of drug-likeness (QED) is 0.781. The van der Waals surface area contributed by atoms with E-state index in [1.165, 1.54) is 16.9 Å². The molecule has 0 aliphatic carbocycles. The van der Waals surface area contributed by atoms with Gasteiger partial charge in [-0.2, -0.15) is 11.3 Å². The number of thiophene rings is 1. The summed E-state index contributed by atoms with van der Waals surface area (Å²) in [5.74, 6) is -0.233. The first-order valence-corrected chi connectivity index (χ1v) is 8.59. The maximum Gasteiger partial charge on any atom is 0.310 e. The second-order valence-corrected chi connectivity index (χ2v) is 6.23. The number of carbonyl (C=O) groups excluding carboxylic acids is 2. The van der Waals surface area contributed by atoms with E-state index < -0.39 is 5.97 Å². The molecule has 1 aromatic heterocycles. The summed E-state index contributed by atoms with van der Waals surface area (Å²) in [7, 11) is 0. The van der Waals surface area contributed by atoms with Crippen LogP contribution in [0.2, 0.25) is 0 Å². The fraction of sp³-hybridized carbons (Fsp3) is 0.333. The average Bonchev–Trinajstić information content (AvgIpc) is 3.06. The number of amides is 1. The van der Waals surface area contributed by atoms with Crippen LogP contribution in [0.1, 0.15) is 37.3 Å². The first kappa shape index (κ1) is 17.2. The second-order valence-electron chi connectivity index (χ2n) is 5.45. The minimum atomic E-state index is -0.398. The van der Waals surface area contributed by atoms with E-state index in [0.717, 1.165) is 12.0 Å². The van der Waals surface area contributed by atoms with Gasteiger partial charge in [0, 0.05) is 5.69 Å². The van der Waals surface area contributed by atoms with Crippen molar-refractivity contribution in [2.75, 3.05) is 11.9 Å². The highest BCUT2D eigenvalue weighted by molar-refractivity contribution is 7.07. The fourth-order valence-corrected chi connectivity index (χ4v) is 2.75. The number of anilines is 1. The summed E-state index contributed by atoms with van der Waals surface area (Å²) in [6.45, 7) is 4.04. The van der Waals surface area contributed by atoms with E-state index in [0.29, 0.717) is 11.6 Å². The molecule has 0 aliphatic rings. The molecule has 1 N–H and O–H groups in total. The molecule has 2 rings (SSSR count). The normalized spacial score (nSPS) is 11.7. The third-order valence-corrected chi connectivity index (χ3v) is 4.40. The van der Waals surface area contributed by atoms with Gasteiger partial charge < -0.3 is 10.1 Å². The molecule has 0 fully saturated rings. The van der Waals surface area contributed by atoms with Crippen LogP contribution in [0, 0.1) is 0 Å². The summed E-state index contributed by atoms with van der Waals surface area (Å²) < 4.78 is 4.98. The van der Waals surface area contributed by atoms with Gasteiger partial charge in [-0.15, -0.1) is 0 Å². The van der Waals surface area contributed by atoms with E-state index in [9.17, 15) is 9.59 Å². The van der Waals surface area contributed by atoms with Crippen molar-refractivity contribution in [1.82, 2.24) is 0 Å². The molecule has 1 amide bonds. The molecule has 0 saturated heterocycles. The number of nitrogens with one attached hydrogen (secondary N) is 1. The molecule has 5 heteroatoms. The fourth-order valence-electron chi connectivity index (χ4n) is 2.08. The summed E-state index contributed by atoms with van der Waals surface area (Å²) >= 11 is 1.53. The van der Waals surface area contributed by atoms with Gasteiger partial charge in [-0.1, -0.05) is 26.0 Å². The van der Waals surface area contributed by atoms with E-state index in [2.05, 4.69) is 19.2 Å². The third-order valence-electron chi connectivity index (χ3n) is 3.67. The van der Waals surface area contributed by atoms with E-state index in [1.807, 2.05) is 41.1 Å². The van der Waals surface area contributed by atoms with Crippen LogP contribution in [-0.4, -0.2) is 18.5 Å². The summed E-state index contributed by atoms with van der Waals surface area (Å²) in [5, 5.41) is 6.52. The lowest BCUT2D eigenvalue weighted by molar-refractivity contribution is -0.146. The van der Waals surface area contributed by atoms with Gasteiger partial charge in [0.15, 0.2) is 6.61 Å². The van der Waals surface area contributed by atoms with Crippen molar-refractivity contribution >= 4 is 28.9 Å². The van der Waals surface area contributed by atoms with Crippen molar-refractivity contribution in [2.45, 2.75) is 32.6 Å². The van der Waals surface area contributed by atoms with Crippen LogP contribution in [0.3, 0.4) is 0 Å². The zero-order valence-electron chi connectivity index (χ0n) is 13.4. The van der Waals surface area contributed by atoms with E-state index in [1.54, 1.807) is 0 Å². The number of esters is 1. The first-order valence-electron chi connectivity index (χ1n) is 7.65. The Morgan fingerprint density at radius 2 is 1.96 bits per heavy atom. The Labute approximate surface area is 140 Å². The molecular weight excluding hydrogens is 310 g/mol. The van der Waals surface area contributed by atoms with Crippen molar-refractivity contribution in [2.24, 2.45) is 0 Å². The van der Waals surface area contributed by atoms with Crippen LogP contribution in [0.15, 0.2) is 41.1 Å². The Balaban J connectivity index is 1.77. The van der Waals surface area contributed by atoms with E-state index >= 15 is 0 Å². The molecule has 2 aromatic rings. The minimum Gasteiger partial charge on any atom is -0.455 e. The zero-order chi connectivity index (χ0) is 16.7. The predicted octanol–water partition coefficient (Wildman–Crippen LogP) is 3.99. The molecule has 0 unspecified atom stereocenters. The molecule has 1 aromatic carbocycles. The Morgan fingerprint density at radius 3 is 2.57 bits per heavy atom. The average molecular weight is 331 g/mol. The zero-order valence-corrected chi connectivity index (χ0v) is 14.2. The van der Waals surface area contributed by atoms with Gasteiger partial charge in [-0.3, -0.25) is 9.59 Å².